The van der Waals surface area contributed by atoms with Gasteiger partial charge in [-0.25, -0.2) is 0 Å². The third kappa shape index (κ3) is 2.66. The Hall–Kier alpha value is -1.51. The van der Waals surface area contributed by atoms with Crippen molar-refractivity contribution in [1.29, 1.82) is 0 Å². The largest absolute Gasteiger partial charge is 0.382 e. The van der Waals surface area contributed by atoms with Crippen LogP contribution < -0.4 is 10.6 Å². The molecule has 96 valence electrons. The molecule has 18 heavy (non-hydrogen) atoms. The van der Waals surface area contributed by atoms with E-state index in [1.165, 1.54) is 12.8 Å². The number of benzene rings is 1. The quantitative estimate of drug-likeness (QED) is 0.853. The van der Waals surface area contributed by atoms with Crippen molar-refractivity contribution in [3.8, 4) is 0 Å². The van der Waals surface area contributed by atoms with Crippen molar-refractivity contribution in [2.24, 2.45) is 11.8 Å². The van der Waals surface area contributed by atoms with Gasteiger partial charge < -0.3 is 10.6 Å². The second kappa shape index (κ2) is 4.63. The molecule has 2 saturated carbocycles. The second-order valence-corrected chi connectivity index (χ2v) is 5.76. The lowest BCUT2D eigenvalue weighted by atomic mass is 9.82. The van der Waals surface area contributed by atoms with E-state index in [-0.39, 0.29) is 11.8 Å². The molecule has 0 unspecified atom stereocenters. The second-order valence-electron chi connectivity index (χ2n) is 5.76. The zero-order chi connectivity index (χ0) is 12.5. The summed E-state index contributed by atoms with van der Waals surface area (Å²) in [6.07, 6.45) is 4.62. The van der Waals surface area contributed by atoms with E-state index < -0.39 is 0 Å². The van der Waals surface area contributed by atoms with E-state index in [2.05, 4.69) is 17.6 Å². The van der Waals surface area contributed by atoms with Crippen LogP contribution in [0, 0.1) is 11.8 Å². The van der Waals surface area contributed by atoms with Crippen LogP contribution >= 0.6 is 0 Å². The minimum absolute atomic E-state index is 0.170. The molecule has 0 heterocycles. The minimum Gasteiger partial charge on any atom is -0.382 e. The van der Waals surface area contributed by atoms with Crippen molar-refractivity contribution in [2.75, 3.05) is 10.6 Å². The standard InChI is InChI=1S/C15H20N2O/c1-10-8-14(9-10)16-12-4-6-13(7-5-12)17-15(18)11-2-3-11/h4-7,10-11,14,16H,2-3,8-9H2,1H3,(H,17,18). The van der Waals surface area contributed by atoms with Gasteiger partial charge in [0.05, 0.1) is 0 Å². The molecule has 2 fully saturated rings. The Balaban J connectivity index is 1.53. The Morgan fingerprint density at radius 3 is 2.28 bits per heavy atom. The number of anilines is 2. The van der Waals surface area contributed by atoms with Crippen LogP contribution in [0.3, 0.4) is 0 Å². The lowest BCUT2D eigenvalue weighted by Crippen LogP contribution is -2.33. The first-order chi connectivity index (χ1) is 8.70. The average molecular weight is 244 g/mol. The number of rotatable bonds is 4. The molecule has 3 rings (SSSR count). The maximum Gasteiger partial charge on any atom is 0.227 e. The summed E-state index contributed by atoms with van der Waals surface area (Å²) < 4.78 is 0. The molecule has 1 aromatic rings. The molecule has 1 aromatic carbocycles. The number of hydrogen-bond acceptors (Lipinski definition) is 2. The number of nitrogens with one attached hydrogen (secondary N) is 2. The summed E-state index contributed by atoms with van der Waals surface area (Å²) >= 11 is 0. The van der Waals surface area contributed by atoms with Gasteiger partial charge in [0.15, 0.2) is 0 Å². The fraction of sp³-hybridized carbons (Fsp3) is 0.533. The number of carbonyl (C=O) groups excluding carboxylic acids is 1. The predicted molar refractivity (Wildman–Crippen MR) is 73.6 cm³/mol. The van der Waals surface area contributed by atoms with Crippen LogP contribution in [0.4, 0.5) is 11.4 Å². The first-order valence-corrected chi connectivity index (χ1v) is 6.88. The SMILES string of the molecule is CC1CC(Nc2ccc(NC(=O)C3CC3)cc2)C1. The maximum atomic E-state index is 11.6. The van der Waals surface area contributed by atoms with Gasteiger partial charge in [-0.3, -0.25) is 4.79 Å². The molecule has 3 heteroatoms. The highest BCUT2D eigenvalue weighted by atomic mass is 16.2. The zero-order valence-corrected chi connectivity index (χ0v) is 10.8. The van der Waals surface area contributed by atoms with Crippen molar-refractivity contribution >= 4 is 17.3 Å². The molecule has 3 nitrogen and oxygen atoms in total. The lowest BCUT2D eigenvalue weighted by Gasteiger charge is -2.34. The monoisotopic (exact) mass is 244 g/mol. The third-order valence-corrected chi connectivity index (χ3v) is 3.85. The van der Waals surface area contributed by atoms with Crippen molar-refractivity contribution < 1.29 is 4.79 Å². The molecule has 1 amide bonds. The van der Waals surface area contributed by atoms with Gasteiger partial charge in [-0.1, -0.05) is 6.92 Å². The molecular formula is C15H20N2O. The van der Waals surface area contributed by atoms with Crippen LogP contribution in [0.2, 0.25) is 0 Å². The number of amides is 1. The summed E-state index contributed by atoms with van der Waals surface area (Å²) in [5, 5.41) is 6.46. The fourth-order valence-corrected chi connectivity index (χ4v) is 2.50. The average Bonchev–Trinajstić information content (AvgIpc) is 3.13. The summed E-state index contributed by atoms with van der Waals surface area (Å²) in [5.74, 6) is 1.29. The van der Waals surface area contributed by atoms with E-state index in [1.807, 2.05) is 24.3 Å². The summed E-state index contributed by atoms with van der Waals surface area (Å²) in [5.41, 5.74) is 2.05. The van der Waals surface area contributed by atoms with Gasteiger partial charge >= 0.3 is 0 Å². The summed E-state index contributed by atoms with van der Waals surface area (Å²) in [7, 11) is 0. The Bertz CT molecular complexity index is 430. The van der Waals surface area contributed by atoms with Gasteiger partial charge in [-0.15, -0.1) is 0 Å². The smallest absolute Gasteiger partial charge is 0.227 e. The van der Waals surface area contributed by atoms with Crippen LogP contribution in [-0.2, 0) is 4.79 Å². The Kier molecular flexibility index (Phi) is 2.98. The Labute approximate surface area is 108 Å². The van der Waals surface area contributed by atoms with E-state index in [0.717, 1.165) is 30.1 Å². The van der Waals surface area contributed by atoms with Gasteiger partial charge in [0.25, 0.3) is 0 Å². The molecule has 0 saturated heterocycles. The fourth-order valence-electron chi connectivity index (χ4n) is 2.50. The number of carbonyl (C=O) groups is 1. The van der Waals surface area contributed by atoms with E-state index in [9.17, 15) is 4.79 Å². The zero-order valence-electron chi connectivity index (χ0n) is 10.8. The van der Waals surface area contributed by atoms with Crippen molar-refractivity contribution in [3.05, 3.63) is 24.3 Å². The van der Waals surface area contributed by atoms with Gasteiger partial charge in [-0.2, -0.15) is 0 Å². The molecule has 0 radical (unpaired) electrons. The van der Waals surface area contributed by atoms with E-state index in [4.69, 9.17) is 0 Å². The van der Waals surface area contributed by atoms with Crippen molar-refractivity contribution in [1.82, 2.24) is 0 Å². The first-order valence-electron chi connectivity index (χ1n) is 6.88. The van der Waals surface area contributed by atoms with Gasteiger partial charge in [-0.05, 0) is 55.9 Å². The predicted octanol–water partition coefficient (Wildman–Crippen LogP) is 3.25. The molecule has 0 aliphatic heterocycles. The van der Waals surface area contributed by atoms with E-state index in [0.29, 0.717) is 6.04 Å². The van der Waals surface area contributed by atoms with Crippen LogP contribution in [-0.4, -0.2) is 11.9 Å². The topological polar surface area (TPSA) is 41.1 Å². The molecule has 0 aromatic heterocycles. The molecule has 2 aliphatic rings. The summed E-state index contributed by atoms with van der Waals surface area (Å²) in [4.78, 5) is 11.6. The first kappa shape index (κ1) is 11.6. The highest BCUT2D eigenvalue weighted by Gasteiger charge is 2.29. The highest BCUT2D eigenvalue weighted by Crippen LogP contribution is 2.31. The third-order valence-electron chi connectivity index (χ3n) is 3.85. The minimum atomic E-state index is 0.170. The van der Waals surface area contributed by atoms with Crippen LogP contribution in [0.15, 0.2) is 24.3 Å². The van der Waals surface area contributed by atoms with Crippen LogP contribution in [0.1, 0.15) is 32.6 Å². The van der Waals surface area contributed by atoms with E-state index in [1.54, 1.807) is 0 Å². The Morgan fingerprint density at radius 1 is 1.11 bits per heavy atom. The van der Waals surface area contributed by atoms with Crippen LogP contribution in [0.25, 0.3) is 0 Å². The molecule has 2 aliphatic carbocycles. The van der Waals surface area contributed by atoms with Gasteiger partial charge in [0.2, 0.25) is 5.91 Å². The lowest BCUT2D eigenvalue weighted by molar-refractivity contribution is -0.117. The molecule has 0 bridgehead atoms. The van der Waals surface area contributed by atoms with Gasteiger partial charge in [0, 0.05) is 23.3 Å². The summed E-state index contributed by atoms with van der Waals surface area (Å²) in [6, 6.07) is 8.68. The van der Waals surface area contributed by atoms with E-state index >= 15 is 0 Å². The molecule has 0 spiro atoms. The molecule has 2 N–H and O–H groups in total. The maximum absolute atomic E-state index is 11.6. The van der Waals surface area contributed by atoms with Crippen molar-refractivity contribution in [3.63, 3.8) is 0 Å². The number of hydrogen-bond donors (Lipinski definition) is 2. The van der Waals surface area contributed by atoms with Crippen LogP contribution in [0.5, 0.6) is 0 Å². The highest BCUT2D eigenvalue weighted by molar-refractivity contribution is 5.94. The summed E-state index contributed by atoms with van der Waals surface area (Å²) in [6.45, 7) is 2.29. The molecule has 0 atom stereocenters. The normalized spacial score (nSPS) is 26.3. The Morgan fingerprint density at radius 2 is 1.72 bits per heavy atom. The van der Waals surface area contributed by atoms with Gasteiger partial charge in [0.1, 0.15) is 0 Å². The van der Waals surface area contributed by atoms with Crippen molar-refractivity contribution in [2.45, 2.75) is 38.6 Å². The molecular weight excluding hydrogens is 224 g/mol.